The Morgan fingerprint density at radius 2 is 1.91 bits per heavy atom. The quantitative estimate of drug-likeness (QED) is 0.532. The van der Waals surface area contributed by atoms with E-state index in [1.165, 1.54) is 18.1 Å². The van der Waals surface area contributed by atoms with Gasteiger partial charge in [0, 0.05) is 30.7 Å². The summed E-state index contributed by atoms with van der Waals surface area (Å²) in [6.07, 6.45) is 6.43. The maximum Gasteiger partial charge on any atom is 0.199 e. The zero-order chi connectivity index (χ0) is 16.7. The molecular formula is C18H18ClN3O. The van der Waals surface area contributed by atoms with E-state index in [1.54, 1.807) is 12.3 Å². The van der Waals surface area contributed by atoms with E-state index in [0.29, 0.717) is 17.7 Å². The smallest absolute Gasteiger partial charge is 0.199 e. The van der Waals surface area contributed by atoms with E-state index in [1.807, 2.05) is 54.9 Å². The van der Waals surface area contributed by atoms with Crippen molar-refractivity contribution in [1.29, 1.82) is 0 Å². The van der Waals surface area contributed by atoms with Crippen molar-refractivity contribution in [2.75, 3.05) is 0 Å². The van der Waals surface area contributed by atoms with Gasteiger partial charge in [0.1, 0.15) is 11.5 Å². The van der Waals surface area contributed by atoms with Crippen molar-refractivity contribution in [3.8, 4) is 0 Å². The van der Waals surface area contributed by atoms with Crippen LogP contribution < -0.4 is 0 Å². The Morgan fingerprint density at radius 1 is 1.17 bits per heavy atom. The van der Waals surface area contributed by atoms with Crippen LogP contribution in [0.2, 0.25) is 5.15 Å². The van der Waals surface area contributed by atoms with Crippen molar-refractivity contribution < 1.29 is 4.79 Å². The van der Waals surface area contributed by atoms with Gasteiger partial charge in [-0.05, 0) is 11.6 Å². The molecule has 0 unspecified atom stereocenters. The van der Waals surface area contributed by atoms with E-state index in [9.17, 15) is 4.79 Å². The number of halogens is 1. The number of benzene rings is 1. The summed E-state index contributed by atoms with van der Waals surface area (Å²) in [5.41, 5.74) is 2.06. The van der Waals surface area contributed by atoms with Crippen molar-refractivity contribution >= 4 is 17.4 Å². The Morgan fingerprint density at radius 3 is 2.61 bits per heavy atom. The van der Waals surface area contributed by atoms with Gasteiger partial charge in [-0.15, -0.1) is 0 Å². The number of carbonyl (C=O) groups excluding carboxylic acids is 1. The zero-order valence-corrected chi connectivity index (χ0v) is 13.9. The molecule has 3 aromatic rings. The summed E-state index contributed by atoms with van der Waals surface area (Å²) in [7, 11) is 0. The summed E-state index contributed by atoms with van der Waals surface area (Å²) in [6, 6.07) is 11.8. The molecule has 118 valence electrons. The molecule has 0 atom stereocenters. The predicted octanol–water partition coefficient (Wildman–Crippen LogP) is 4.24. The minimum Gasteiger partial charge on any atom is -0.349 e. The molecule has 2 heterocycles. The van der Waals surface area contributed by atoms with Crippen LogP contribution in [0.3, 0.4) is 0 Å². The van der Waals surface area contributed by atoms with Crippen LogP contribution in [-0.2, 0) is 6.54 Å². The number of ketones is 1. The van der Waals surface area contributed by atoms with Crippen molar-refractivity contribution in [2.24, 2.45) is 0 Å². The lowest BCUT2D eigenvalue weighted by Gasteiger charge is -2.02. The van der Waals surface area contributed by atoms with E-state index in [2.05, 4.69) is 9.97 Å². The molecule has 0 aliphatic rings. The monoisotopic (exact) mass is 327 g/mol. The molecule has 0 aliphatic carbocycles. The molecule has 0 aliphatic heterocycles. The van der Waals surface area contributed by atoms with Crippen molar-refractivity contribution in [2.45, 2.75) is 20.4 Å². The third-order valence-electron chi connectivity index (χ3n) is 3.13. The topological polar surface area (TPSA) is 47.8 Å². The van der Waals surface area contributed by atoms with Gasteiger partial charge in [0.2, 0.25) is 0 Å². The van der Waals surface area contributed by atoms with Crippen molar-refractivity contribution in [3.05, 3.63) is 83.2 Å². The van der Waals surface area contributed by atoms with Gasteiger partial charge >= 0.3 is 0 Å². The Balaban J connectivity index is 0.000000924. The highest BCUT2D eigenvalue weighted by atomic mass is 35.5. The largest absolute Gasteiger partial charge is 0.349 e. The second-order valence-electron chi connectivity index (χ2n) is 4.61. The number of hydrogen-bond donors (Lipinski definition) is 0. The standard InChI is InChI=1S/C16H12ClN3O.C2H6/c17-16-14(8-18-11-19-16)15(21)13-6-7-20(10-13)9-12-4-2-1-3-5-12;1-2/h1-8,10-11H,9H2;1-2H3. The van der Waals surface area contributed by atoms with Crippen molar-refractivity contribution in [3.63, 3.8) is 0 Å². The number of aromatic nitrogens is 3. The molecular weight excluding hydrogens is 310 g/mol. The maximum absolute atomic E-state index is 12.4. The molecule has 0 fully saturated rings. The van der Waals surface area contributed by atoms with Gasteiger partial charge in [0.05, 0.1) is 5.56 Å². The van der Waals surface area contributed by atoms with Crippen LogP contribution in [0.15, 0.2) is 61.3 Å². The fourth-order valence-corrected chi connectivity index (χ4v) is 2.27. The average Bonchev–Trinajstić information content (AvgIpc) is 3.06. The van der Waals surface area contributed by atoms with Crippen LogP contribution in [-0.4, -0.2) is 20.3 Å². The van der Waals surface area contributed by atoms with E-state index >= 15 is 0 Å². The number of rotatable bonds is 4. The fraction of sp³-hybridized carbons (Fsp3) is 0.167. The lowest BCUT2D eigenvalue weighted by Crippen LogP contribution is -2.03. The zero-order valence-electron chi connectivity index (χ0n) is 13.1. The molecule has 4 nitrogen and oxygen atoms in total. The van der Waals surface area contributed by atoms with Gasteiger partial charge < -0.3 is 4.57 Å². The summed E-state index contributed by atoms with van der Waals surface area (Å²) in [5, 5.41) is 0.172. The van der Waals surface area contributed by atoms with Crippen LogP contribution >= 0.6 is 11.6 Å². The first-order chi connectivity index (χ1) is 11.2. The minimum atomic E-state index is -0.174. The lowest BCUT2D eigenvalue weighted by molar-refractivity contribution is 0.103. The second-order valence-corrected chi connectivity index (χ2v) is 4.97. The first-order valence-electron chi connectivity index (χ1n) is 7.44. The Hall–Kier alpha value is -2.46. The van der Waals surface area contributed by atoms with E-state index in [0.717, 1.165) is 0 Å². The van der Waals surface area contributed by atoms with Gasteiger partial charge in [0.15, 0.2) is 5.78 Å². The molecule has 0 N–H and O–H groups in total. The molecule has 1 aromatic carbocycles. The number of carbonyl (C=O) groups is 1. The molecule has 5 heteroatoms. The Bertz CT molecular complexity index is 769. The van der Waals surface area contributed by atoms with E-state index < -0.39 is 0 Å². The van der Waals surface area contributed by atoms with E-state index in [4.69, 9.17) is 11.6 Å². The second kappa shape index (κ2) is 8.25. The van der Waals surface area contributed by atoms with Gasteiger partial charge in [-0.2, -0.15) is 0 Å². The van der Waals surface area contributed by atoms with Gasteiger partial charge in [-0.1, -0.05) is 55.8 Å². The third kappa shape index (κ3) is 4.27. The van der Waals surface area contributed by atoms with Crippen LogP contribution in [0.4, 0.5) is 0 Å². The Labute approximate surface area is 140 Å². The molecule has 0 amide bonds. The van der Waals surface area contributed by atoms with Crippen LogP contribution in [0.1, 0.15) is 35.3 Å². The highest BCUT2D eigenvalue weighted by molar-refractivity contribution is 6.33. The summed E-state index contributed by atoms with van der Waals surface area (Å²) in [4.78, 5) is 20.0. The van der Waals surface area contributed by atoms with Gasteiger partial charge in [0.25, 0.3) is 0 Å². The van der Waals surface area contributed by atoms with Crippen LogP contribution in [0, 0.1) is 0 Å². The number of hydrogen-bond acceptors (Lipinski definition) is 3. The SMILES string of the molecule is CC.O=C(c1ccn(Cc2ccccc2)c1)c1cncnc1Cl. The van der Waals surface area contributed by atoms with Crippen LogP contribution in [0.25, 0.3) is 0 Å². The molecule has 3 rings (SSSR count). The first-order valence-corrected chi connectivity index (χ1v) is 7.82. The maximum atomic E-state index is 12.4. The van der Waals surface area contributed by atoms with Gasteiger partial charge in [-0.25, -0.2) is 9.97 Å². The first kappa shape index (κ1) is 16.9. The van der Waals surface area contributed by atoms with Crippen molar-refractivity contribution in [1.82, 2.24) is 14.5 Å². The van der Waals surface area contributed by atoms with Crippen LogP contribution in [0.5, 0.6) is 0 Å². The molecule has 0 bridgehead atoms. The summed E-state index contributed by atoms with van der Waals surface area (Å²) in [5.74, 6) is -0.174. The predicted molar refractivity (Wildman–Crippen MR) is 91.8 cm³/mol. The highest BCUT2D eigenvalue weighted by Crippen LogP contribution is 2.16. The summed E-state index contributed by atoms with van der Waals surface area (Å²) >= 11 is 5.93. The minimum absolute atomic E-state index is 0.172. The Kier molecular flexibility index (Phi) is 6.06. The third-order valence-corrected chi connectivity index (χ3v) is 3.43. The van der Waals surface area contributed by atoms with E-state index in [-0.39, 0.29) is 10.9 Å². The molecule has 0 spiro atoms. The molecule has 23 heavy (non-hydrogen) atoms. The molecule has 0 radical (unpaired) electrons. The molecule has 0 saturated heterocycles. The lowest BCUT2D eigenvalue weighted by atomic mass is 10.1. The van der Waals surface area contributed by atoms with Gasteiger partial charge in [-0.3, -0.25) is 4.79 Å². The molecule has 0 saturated carbocycles. The molecule has 2 aromatic heterocycles. The fourth-order valence-electron chi connectivity index (χ4n) is 2.09. The average molecular weight is 328 g/mol. The summed E-state index contributed by atoms with van der Waals surface area (Å²) < 4.78 is 1.96. The highest BCUT2D eigenvalue weighted by Gasteiger charge is 2.15. The summed E-state index contributed by atoms with van der Waals surface area (Å²) in [6.45, 7) is 4.72. The normalized spacial score (nSPS) is 9.87. The number of nitrogens with zero attached hydrogens (tertiary/aromatic N) is 3.